The van der Waals surface area contributed by atoms with E-state index in [4.69, 9.17) is 9.15 Å². The van der Waals surface area contributed by atoms with Gasteiger partial charge in [-0.15, -0.1) is 0 Å². The minimum atomic E-state index is 0.0968. The second-order valence-electron chi connectivity index (χ2n) is 6.06. The van der Waals surface area contributed by atoms with Crippen LogP contribution in [0.2, 0.25) is 0 Å². The molecule has 1 aromatic carbocycles. The SMILES string of the molecule is COc1ccc(C2=C(c3ccco3)C(=O)N3CCCC3C2)cc1. The van der Waals surface area contributed by atoms with Crippen molar-refractivity contribution in [1.82, 2.24) is 4.90 Å². The van der Waals surface area contributed by atoms with Crippen molar-refractivity contribution in [2.75, 3.05) is 13.7 Å². The average molecular weight is 309 g/mol. The molecular weight excluding hydrogens is 290 g/mol. The Morgan fingerprint density at radius 3 is 2.74 bits per heavy atom. The number of amides is 1. The van der Waals surface area contributed by atoms with Gasteiger partial charge in [-0.2, -0.15) is 0 Å². The van der Waals surface area contributed by atoms with Crippen LogP contribution in [0.5, 0.6) is 5.75 Å². The van der Waals surface area contributed by atoms with Crippen LogP contribution in [0, 0.1) is 0 Å². The van der Waals surface area contributed by atoms with E-state index in [1.54, 1.807) is 13.4 Å². The highest BCUT2D eigenvalue weighted by molar-refractivity contribution is 6.27. The molecule has 2 aromatic rings. The minimum absolute atomic E-state index is 0.0968. The third kappa shape index (κ3) is 2.34. The molecule has 0 N–H and O–H groups in total. The largest absolute Gasteiger partial charge is 0.497 e. The van der Waals surface area contributed by atoms with Crippen molar-refractivity contribution >= 4 is 17.1 Å². The maximum Gasteiger partial charge on any atom is 0.258 e. The molecule has 0 radical (unpaired) electrons. The number of furan rings is 1. The second-order valence-corrected chi connectivity index (χ2v) is 6.06. The van der Waals surface area contributed by atoms with Gasteiger partial charge in [-0.1, -0.05) is 12.1 Å². The standard InChI is InChI=1S/C19H19NO3/c1-22-15-8-6-13(7-9-15)16-12-14-4-2-10-20(14)19(21)18(16)17-5-3-11-23-17/h3,5-9,11,14H,2,4,10,12H2,1H3. The highest BCUT2D eigenvalue weighted by Crippen LogP contribution is 2.40. The number of carbonyl (C=O) groups is 1. The molecule has 0 aliphatic carbocycles. The quantitative estimate of drug-likeness (QED) is 0.870. The lowest BCUT2D eigenvalue weighted by molar-refractivity contribution is -0.126. The molecule has 2 aliphatic rings. The van der Waals surface area contributed by atoms with Gasteiger partial charge in [0.25, 0.3) is 5.91 Å². The molecule has 4 heteroatoms. The van der Waals surface area contributed by atoms with Crippen LogP contribution in [0.1, 0.15) is 30.6 Å². The summed E-state index contributed by atoms with van der Waals surface area (Å²) in [5.74, 6) is 1.57. The van der Waals surface area contributed by atoms with Crippen LogP contribution in [0.3, 0.4) is 0 Å². The van der Waals surface area contributed by atoms with Crippen LogP contribution in [-0.4, -0.2) is 30.5 Å². The number of methoxy groups -OCH3 is 1. The van der Waals surface area contributed by atoms with Crippen molar-refractivity contribution in [2.45, 2.75) is 25.3 Å². The van der Waals surface area contributed by atoms with Gasteiger partial charge in [0.1, 0.15) is 11.5 Å². The summed E-state index contributed by atoms with van der Waals surface area (Å²) in [5, 5.41) is 0. The molecule has 4 rings (SSSR count). The summed E-state index contributed by atoms with van der Waals surface area (Å²) >= 11 is 0. The summed E-state index contributed by atoms with van der Waals surface area (Å²) < 4.78 is 10.8. The van der Waals surface area contributed by atoms with Crippen LogP contribution in [0.25, 0.3) is 11.1 Å². The fourth-order valence-corrected chi connectivity index (χ4v) is 3.65. The van der Waals surface area contributed by atoms with Crippen LogP contribution in [-0.2, 0) is 4.79 Å². The number of hydrogen-bond acceptors (Lipinski definition) is 3. The van der Waals surface area contributed by atoms with Gasteiger partial charge in [0, 0.05) is 12.6 Å². The Morgan fingerprint density at radius 1 is 1.22 bits per heavy atom. The Labute approximate surface area is 135 Å². The zero-order valence-electron chi connectivity index (χ0n) is 13.1. The number of carbonyl (C=O) groups excluding carboxylic acids is 1. The summed E-state index contributed by atoms with van der Waals surface area (Å²) in [4.78, 5) is 15.0. The summed E-state index contributed by atoms with van der Waals surface area (Å²) in [5.41, 5.74) is 2.85. The molecule has 0 bridgehead atoms. The van der Waals surface area contributed by atoms with E-state index < -0.39 is 0 Å². The zero-order chi connectivity index (χ0) is 15.8. The van der Waals surface area contributed by atoms with Gasteiger partial charge < -0.3 is 14.1 Å². The Balaban J connectivity index is 1.84. The van der Waals surface area contributed by atoms with Crippen LogP contribution < -0.4 is 4.74 Å². The Hall–Kier alpha value is -2.49. The van der Waals surface area contributed by atoms with Gasteiger partial charge in [-0.25, -0.2) is 0 Å². The summed E-state index contributed by atoms with van der Waals surface area (Å²) in [6.45, 7) is 0.851. The topological polar surface area (TPSA) is 42.7 Å². The van der Waals surface area contributed by atoms with E-state index in [0.29, 0.717) is 17.4 Å². The lowest BCUT2D eigenvalue weighted by atomic mass is 9.88. The van der Waals surface area contributed by atoms with Crippen LogP contribution >= 0.6 is 0 Å². The van der Waals surface area contributed by atoms with Crippen LogP contribution in [0.15, 0.2) is 47.1 Å². The molecule has 2 aliphatic heterocycles. The van der Waals surface area contributed by atoms with Gasteiger partial charge in [-0.05, 0) is 54.7 Å². The molecule has 1 saturated heterocycles. The lowest BCUT2D eigenvalue weighted by Crippen LogP contribution is -2.39. The average Bonchev–Trinajstić information content (AvgIpc) is 3.26. The third-order valence-corrected chi connectivity index (χ3v) is 4.80. The van der Waals surface area contributed by atoms with E-state index in [9.17, 15) is 4.79 Å². The Bertz CT molecular complexity index is 743. The van der Waals surface area contributed by atoms with Gasteiger partial charge in [0.2, 0.25) is 0 Å². The first kappa shape index (κ1) is 14.1. The maximum absolute atomic E-state index is 13.0. The van der Waals surface area contributed by atoms with E-state index in [2.05, 4.69) is 0 Å². The molecule has 3 heterocycles. The fourth-order valence-electron chi connectivity index (χ4n) is 3.65. The molecule has 4 nitrogen and oxygen atoms in total. The maximum atomic E-state index is 13.0. The molecule has 1 unspecified atom stereocenters. The molecule has 1 atom stereocenters. The van der Waals surface area contributed by atoms with Gasteiger partial charge in [0.05, 0.1) is 18.9 Å². The number of ether oxygens (including phenoxy) is 1. The predicted octanol–water partition coefficient (Wildman–Crippen LogP) is 3.59. The Kier molecular flexibility index (Phi) is 3.45. The van der Waals surface area contributed by atoms with Crippen molar-refractivity contribution in [1.29, 1.82) is 0 Å². The molecule has 0 spiro atoms. The molecule has 0 saturated carbocycles. The first-order valence-corrected chi connectivity index (χ1v) is 8.00. The first-order chi connectivity index (χ1) is 11.3. The predicted molar refractivity (Wildman–Crippen MR) is 87.9 cm³/mol. The summed E-state index contributed by atoms with van der Waals surface area (Å²) in [6.07, 6.45) is 4.67. The van der Waals surface area contributed by atoms with E-state index >= 15 is 0 Å². The minimum Gasteiger partial charge on any atom is -0.497 e. The molecule has 23 heavy (non-hydrogen) atoms. The third-order valence-electron chi connectivity index (χ3n) is 4.80. The first-order valence-electron chi connectivity index (χ1n) is 8.00. The van der Waals surface area contributed by atoms with E-state index in [0.717, 1.165) is 42.7 Å². The van der Waals surface area contributed by atoms with Crippen molar-refractivity contribution < 1.29 is 13.9 Å². The fraction of sp³-hybridized carbons (Fsp3) is 0.316. The van der Waals surface area contributed by atoms with E-state index in [1.165, 1.54) is 0 Å². The lowest BCUT2D eigenvalue weighted by Gasteiger charge is -2.32. The van der Waals surface area contributed by atoms with Gasteiger partial charge >= 0.3 is 0 Å². The number of hydrogen-bond donors (Lipinski definition) is 0. The summed E-state index contributed by atoms with van der Waals surface area (Å²) in [7, 11) is 1.66. The van der Waals surface area contributed by atoms with Gasteiger partial charge in [-0.3, -0.25) is 4.79 Å². The Morgan fingerprint density at radius 2 is 2.04 bits per heavy atom. The number of nitrogens with zero attached hydrogens (tertiary/aromatic N) is 1. The van der Waals surface area contributed by atoms with E-state index in [1.807, 2.05) is 41.3 Å². The highest BCUT2D eigenvalue weighted by Gasteiger charge is 2.38. The van der Waals surface area contributed by atoms with Crippen LogP contribution in [0.4, 0.5) is 0 Å². The smallest absolute Gasteiger partial charge is 0.258 e. The van der Waals surface area contributed by atoms with Crippen molar-refractivity contribution in [3.63, 3.8) is 0 Å². The zero-order valence-corrected chi connectivity index (χ0v) is 13.1. The molecule has 1 amide bonds. The van der Waals surface area contributed by atoms with Gasteiger partial charge in [0.15, 0.2) is 0 Å². The monoisotopic (exact) mass is 309 g/mol. The molecular formula is C19H19NO3. The molecule has 1 fully saturated rings. The van der Waals surface area contributed by atoms with Crippen molar-refractivity contribution in [2.24, 2.45) is 0 Å². The second kappa shape index (κ2) is 5.61. The highest BCUT2D eigenvalue weighted by atomic mass is 16.5. The number of rotatable bonds is 3. The number of benzene rings is 1. The van der Waals surface area contributed by atoms with Crippen molar-refractivity contribution in [3.05, 3.63) is 54.0 Å². The summed E-state index contributed by atoms with van der Waals surface area (Å²) in [6, 6.07) is 11.9. The normalized spacial score (nSPS) is 20.8. The van der Waals surface area contributed by atoms with Crippen molar-refractivity contribution in [3.8, 4) is 5.75 Å². The number of fused-ring (bicyclic) bond motifs is 1. The molecule has 1 aromatic heterocycles. The van der Waals surface area contributed by atoms with E-state index in [-0.39, 0.29) is 5.91 Å². The molecule has 118 valence electrons.